The quantitative estimate of drug-likeness (QED) is 0.582. The van der Waals surface area contributed by atoms with Gasteiger partial charge >= 0.3 is 5.69 Å². The molecule has 20 heavy (non-hydrogen) atoms. The molecule has 7 nitrogen and oxygen atoms in total. The molecule has 7 heteroatoms. The Bertz CT molecular complexity index is 478. The Hall–Kier alpha value is -1.47. The highest BCUT2D eigenvalue weighted by Gasteiger charge is 2.26. The van der Waals surface area contributed by atoms with Gasteiger partial charge in [0.15, 0.2) is 0 Å². The van der Waals surface area contributed by atoms with E-state index in [0.717, 1.165) is 37.7 Å². The summed E-state index contributed by atoms with van der Waals surface area (Å²) in [5.74, 6) is 0.800. The fraction of sp³-hybridized carbons (Fsp3) is 0.769. The Morgan fingerprint density at radius 2 is 2.15 bits per heavy atom. The molecule has 0 atom stereocenters. The molecule has 1 aromatic rings. The Morgan fingerprint density at radius 1 is 1.40 bits per heavy atom. The first-order chi connectivity index (χ1) is 9.74. The average Bonchev–Trinajstić information content (AvgIpc) is 3.19. The van der Waals surface area contributed by atoms with Crippen LogP contribution in [0.3, 0.4) is 0 Å². The van der Waals surface area contributed by atoms with Gasteiger partial charge < -0.3 is 4.74 Å². The summed E-state index contributed by atoms with van der Waals surface area (Å²) in [6.45, 7) is 4.42. The highest BCUT2D eigenvalue weighted by molar-refractivity contribution is 5.33. The largest absolute Gasteiger partial charge is 0.379 e. The normalized spacial score (nSPS) is 20.2. The number of nitrogens with zero attached hydrogens (tertiary/aromatic N) is 4. The molecule has 2 fully saturated rings. The minimum Gasteiger partial charge on any atom is -0.379 e. The van der Waals surface area contributed by atoms with E-state index in [1.807, 2.05) is 4.68 Å². The molecule has 2 heterocycles. The van der Waals surface area contributed by atoms with Gasteiger partial charge in [-0.3, -0.25) is 19.7 Å². The van der Waals surface area contributed by atoms with Crippen LogP contribution in [-0.2, 0) is 17.8 Å². The minimum absolute atomic E-state index is 0.146. The number of aromatic nitrogens is 2. The first kappa shape index (κ1) is 13.5. The lowest BCUT2D eigenvalue weighted by Gasteiger charge is -2.26. The van der Waals surface area contributed by atoms with E-state index in [4.69, 9.17) is 4.74 Å². The predicted octanol–water partition coefficient (Wildman–Crippen LogP) is 1.42. The number of ether oxygens (including phenoxy) is 1. The average molecular weight is 280 g/mol. The monoisotopic (exact) mass is 280 g/mol. The van der Waals surface area contributed by atoms with Gasteiger partial charge in [0, 0.05) is 26.2 Å². The van der Waals surface area contributed by atoms with E-state index in [-0.39, 0.29) is 10.6 Å². The van der Waals surface area contributed by atoms with Gasteiger partial charge in [-0.05, 0) is 12.3 Å². The summed E-state index contributed by atoms with van der Waals surface area (Å²) in [7, 11) is 0. The second-order valence-corrected chi connectivity index (χ2v) is 5.58. The smallest absolute Gasteiger partial charge is 0.311 e. The summed E-state index contributed by atoms with van der Waals surface area (Å²) in [6.07, 6.45) is 5.06. The Balaban J connectivity index is 1.72. The maximum absolute atomic E-state index is 11.1. The van der Waals surface area contributed by atoms with Crippen molar-refractivity contribution in [3.63, 3.8) is 0 Å². The molecule has 2 aliphatic rings. The highest BCUT2D eigenvalue weighted by atomic mass is 16.6. The molecule has 0 N–H and O–H groups in total. The molecule has 0 bridgehead atoms. The molecule has 0 aromatic carbocycles. The van der Waals surface area contributed by atoms with Gasteiger partial charge in [0.25, 0.3) is 0 Å². The van der Waals surface area contributed by atoms with Crippen molar-refractivity contribution in [3.05, 3.63) is 22.0 Å². The number of morpholine rings is 1. The number of nitro groups is 1. The molecule has 0 unspecified atom stereocenters. The molecule has 0 radical (unpaired) electrons. The fourth-order valence-corrected chi connectivity index (χ4v) is 2.59. The van der Waals surface area contributed by atoms with E-state index < -0.39 is 0 Å². The van der Waals surface area contributed by atoms with Crippen molar-refractivity contribution in [1.82, 2.24) is 14.7 Å². The molecule has 1 aromatic heterocycles. The van der Waals surface area contributed by atoms with Crippen LogP contribution >= 0.6 is 0 Å². The van der Waals surface area contributed by atoms with Crippen LogP contribution in [0, 0.1) is 16.0 Å². The molecular weight excluding hydrogens is 260 g/mol. The van der Waals surface area contributed by atoms with Gasteiger partial charge in [-0.25, -0.2) is 0 Å². The number of hydrogen-bond acceptors (Lipinski definition) is 5. The van der Waals surface area contributed by atoms with E-state index in [1.165, 1.54) is 19.0 Å². The summed E-state index contributed by atoms with van der Waals surface area (Å²) >= 11 is 0. The molecule has 1 aliphatic heterocycles. The fourth-order valence-electron chi connectivity index (χ4n) is 2.59. The first-order valence-corrected chi connectivity index (χ1v) is 7.23. The maximum Gasteiger partial charge on any atom is 0.311 e. The van der Waals surface area contributed by atoms with Gasteiger partial charge in [0.1, 0.15) is 11.9 Å². The standard InChI is InChI=1S/C13H20N4O3/c18-17(19)12-9-14-16(4-3-11-1-2-11)13(12)10-15-5-7-20-8-6-15/h9,11H,1-8,10H2. The van der Waals surface area contributed by atoms with Gasteiger partial charge in [0.05, 0.1) is 18.1 Å². The zero-order valence-corrected chi connectivity index (χ0v) is 11.5. The second-order valence-electron chi connectivity index (χ2n) is 5.58. The van der Waals surface area contributed by atoms with Crippen LogP contribution in [0.15, 0.2) is 6.20 Å². The lowest BCUT2D eigenvalue weighted by atomic mass is 10.2. The molecule has 3 rings (SSSR count). The van der Waals surface area contributed by atoms with Gasteiger partial charge in [-0.1, -0.05) is 12.8 Å². The highest BCUT2D eigenvalue weighted by Crippen LogP contribution is 2.33. The third kappa shape index (κ3) is 3.16. The minimum atomic E-state index is -0.323. The van der Waals surface area contributed by atoms with Gasteiger partial charge in [-0.2, -0.15) is 5.10 Å². The number of rotatable bonds is 6. The van der Waals surface area contributed by atoms with Gasteiger partial charge in [-0.15, -0.1) is 0 Å². The SMILES string of the molecule is O=[N+]([O-])c1cnn(CCC2CC2)c1CN1CCOCC1. The Labute approximate surface area is 117 Å². The number of hydrogen-bond donors (Lipinski definition) is 0. The predicted molar refractivity (Wildman–Crippen MR) is 72.3 cm³/mol. The summed E-state index contributed by atoms with van der Waals surface area (Å²) < 4.78 is 7.14. The van der Waals surface area contributed by atoms with E-state index in [9.17, 15) is 10.1 Å². The van der Waals surface area contributed by atoms with Crippen molar-refractivity contribution in [1.29, 1.82) is 0 Å². The van der Waals surface area contributed by atoms with Crippen LogP contribution in [0.1, 0.15) is 25.0 Å². The summed E-state index contributed by atoms with van der Waals surface area (Å²) in [6, 6.07) is 0. The molecule has 1 saturated heterocycles. The Kier molecular flexibility index (Phi) is 3.98. The lowest BCUT2D eigenvalue weighted by molar-refractivity contribution is -0.385. The Morgan fingerprint density at radius 3 is 2.80 bits per heavy atom. The number of aryl methyl sites for hydroxylation is 1. The van der Waals surface area contributed by atoms with Gasteiger partial charge in [0.2, 0.25) is 0 Å². The summed E-state index contributed by atoms with van der Waals surface area (Å²) in [4.78, 5) is 13.0. The van der Waals surface area contributed by atoms with Crippen molar-refractivity contribution in [3.8, 4) is 0 Å². The lowest BCUT2D eigenvalue weighted by Crippen LogP contribution is -2.36. The van der Waals surface area contributed by atoms with Crippen LogP contribution < -0.4 is 0 Å². The van der Waals surface area contributed by atoms with Crippen molar-refractivity contribution in [2.24, 2.45) is 5.92 Å². The zero-order valence-electron chi connectivity index (χ0n) is 11.5. The molecule has 1 saturated carbocycles. The van der Waals surface area contributed by atoms with Crippen molar-refractivity contribution in [2.45, 2.75) is 32.4 Å². The molecular formula is C13H20N4O3. The topological polar surface area (TPSA) is 73.4 Å². The first-order valence-electron chi connectivity index (χ1n) is 7.23. The third-order valence-electron chi connectivity index (χ3n) is 4.05. The second kappa shape index (κ2) is 5.88. The summed E-state index contributed by atoms with van der Waals surface area (Å²) in [5.41, 5.74) is 0.879. The van der Waals surface area contributed by atoms with E-state index in [1.54, 1.807) is 0 Å². The molecule has 0 amide bonds. The third-order valence-corrected chi connectivity index (χ3v) is 4.05. The summed E-state index contributed by atoms with van der Waals surface area (Å²) in [5, 5.41) is 15.4. The van der Waals surface area contributed by atoms with E-state index in [0.29, 0.717) is 19.8 Å². The van der Waals surface area contributed by atoms with Crippen molar-refractivity contribution >= 4 is 5.69 Å². The molecule has 110 valence electrons. The molecule has 0 spiro atoms. The van der Waals surface area contributed by atoms with Crippen LogP contribution in [0.4, 0.5) is 5.69 Å². The van der Waals surface area contributed by atoms with E-state index >= 15 is 0 Å². The molecule has 1 aliphatic carbocycles. The maximum atomic E-state index is 11.1. The van der Waals surface area contributed by atoms with Crippen LogP contribution in [0.2, 0.25) is 0 Å². The van der Waals surface area contributed by atoms with Crippen molar-refractivity contribution in [2.75, 3.05) is 26.3 Å². The van der Waals surface area contributed by atoms with Crippen LogP contribution in [0.25, 0.3) is 0 Å². The zero-order chi connectivity index (χ0) is 13.9. The van der Waals surface area contributed by atoms with Crippen molar-refractivity contribution < 1.29 is 9.66 Å². The van der Waals surface area contributed by atoms with E-state index in [2.05, 4.69) is 10.00 Å². The van der Waals surface area contributed by atoms with Crippen LogP contribution in [0.5, 0.6) is 0 Å². The van der Waals surface area contributed by atoms with Crippen LogP contribution in [-0.4, -0.2) is 45.9 Å².